The van der Waals surface area contributed by atoms with Crippen LogP contribution in [-0.2, 0) is 0 Å². The number of aryl methyl sites for hydroxylation is 2. The van der Waals surface area contributed by atoms with Crippen molar-refractivity contribution >= 4 is 15.9 Å². The fourth-order valence-corrected chi connectivity index (χ4v) is 3.11. The molecule has 0 fully saturated rings. The molecule has 20 heavy (non-hydrogen) atoms. The molecule has 1 aliphatic rings. The molecule has 0 radical (unpaired) electrons. The molecule has 2 unspecified atom stereocenters. The van der Waals surface area contributed by atoms with Crippen LogP contribution in [0, 0.1) is 13.8 Å². The minimum absolute atomic E-state index is 0.0248. The SMILES string of the molecule is Cc1ccc(C)c(C2CC(N)c3ccc(Br)cc3O2)c1. The number of ether oxygens (including phenoxy) is 1. The average molecular weight is 332 g/mol. The molecule has 2 atom stereocenters. The summed E-state index contributed by atoms with van der Waals surface area (Å²) in [7, 11) is 0. The third kappa shape index (κ3) is 2.48. The Labute approximate surface area is 128 Å². The van der Waals surface area contributed by atoms with Crippen LogP contribution in [-0.4, -0.2) is 0 Å². The summed E-state index contributed by atoms with van der Waals surface area (Å²) in [4.78, 5) is 0. The first-order valence-corrected chi connectivity index (χ1v) is 7.63. The monoisotopic (exact) mass is 331 g/mol. The van der Waals surface area contributed by atoms with E-state index in [0.29, 0.717) is 0 Å². The number of benzene rings is 2. The summed E-state index contributed by atoms with van der Waals surface area (Å²) in [6.45, 7) is 4.23. The Kier molecular flexibility index (Phi) is 3.57. The van der Waals surface area contributed by atoms with Crippen molar-refractivity contribution in [1.82, 2.24) is 0 Å². The first-order chi connectivity index (χ1) is 9.54. The van der Waals surface area contributed by atoms with E-state index in [1.165, 1.54) is 16.7 Å². The van der Waals surface area contributed by atoms with Crippen LogP contribution in [0.15, 0.2) is 40.9 Å². The van der Waals surface area contributed by atoms with Crippen LogP contribution in [0.4, 0.5) is 0 Å². The molecule has 0 spiro atoms. The summed E-state index contributed by atoms with van der Waals surface area (Å²) < 4.78 is 7.21. The van der Waals surface area contributed by atoms with Gasteiger partial charge in [-0.3, -0.25) is 0 Å². The molecular formula is C17H18BrNO. The van der Waals surface area contributed by atoms with Gasteiger partial charge in [0.25, 0.3) is 0 Å². The molecular weight excluding hydrogens is 314 g/mol. The molecule has 3 heteroatoms. The van der Waals surface area contributed by atoms with Crippen LogP contribution in [0.3, 0.4) is 0 Å². The molecule has 3 rings (SSSR count). The van der Waals surface area contributed by atoms with Gasteiger partial charge in [0.05, 0.1) is 0 Å². The number of hydrogen-bond donors (Lipinski definition) is 1. The zero-order chi connectivity index (χ0) is 14.3. The van der Waals surface area contributed by atoms with Crippen molar-refractivity contribution in [3.05, 3.63) is 63.1 Å². The van der Waals surface area contributed by atoms with E-state index in [4.69, 9.17) is 10.5 Å². The Morgan fingerprint density at radius 2 is 1.90 bits per heavy atom. The molecule has 1 heterocycles. The maximum absolute atomic E-state index is 6.32. The predicted octanol–water partition coefficient (Wildman–Crippen LogP) is 4.59. The second-order valence-corrected chi connectivity index (χ2v) is 6.41. The van der Waals surface area contributed by atoms with Crippen LogP contribution in [0.1, 0.15) is 40.8 Å². The van der Waals surface area contributed by atoms with E-state index >= 15 is 0 Å². The fourth-order valence-electron chi connectivity index (χ4n) is 2.77. The molecule has 0 saturated heterocycles. The molecule has 2 nitrogen and oxygen atoms in total. The summed E-state index contributed by atoms with van der Waals surface area (Å²) in [5, 5.41) is 0. The van der Waals surface area contributed by atoms with Crippen LogP contribution in [0.25, 0.3) is 0 Å². The molecule has 2 aromatic carbocycles. The number of halogens is 1. The van der Waals surface area contributed by atoms with Gasteiger partial charge < -0.3 is 10.5 Å². The van der Waals surface area contributed by atoms with Crippen molar-refractivity contribution in [3.8, 4) is 5.75 Å². The first-order valence-electron chi connectivity index (χ1n) is 6.83. The molecule has 0 bridgehead atoms. The van der Waals surface area contributed by atoms with Gasteiger partial charge in [0.2, 0.25) is 0 Å². The average Bonchev–Trinajstić information content (AvgIpc) is 2.41. The first kappa shape index (κ1) is 13.7. The standard InChI is InChI=1S/C17H18BrNO/c1-10-3-4-11(2)14(7-10)17-9-15(19)13-6-5-12(18)8-16(13)20-17/h3-8,15,17H,9,19H2,1-2H3. The van der Waals surface area contributed by atoms with Gasteiger partial charge in [-0.25, -0.2) is 0 Å². The van der Waals surface area contributed by atoms with Crippen molar-refractivity contribution in [3.63, 3.8) is 0 Å². The molecule has 0 aliphatic carbocycles. The Bertz CT molecular complexity index is 653. The van der Waals surface area contributed by atoms with Gasteiger partial charge in [-0.05, 0) is 37.1 Å². The topological polar surface area (TPSA) is 35.2 Å². The second-order valence-electron chi connectivity index (χ2n) is 5.49. The highest BCUT2D eigenvalue weighted by Gasteiger charge is 2.28. The Morgan fingerprint density at radius 3 is 2.70 bits per heavy atom. The van der Waals surface area contributed by atoms with Gasteiger partial charge in [0.15, 0.2) is 0 Å². The van der Waals surface area contributed by atoms with Crippen LogP contribution in [0.5, 0.6) is 5.75 Å². The Morgan fingerprint density at radius 1 is 1.10 bits per heavy atom. The van der Waals surface area contributed by atoms with E-state index in [1.807, 2.05) is 18.2 Å². The maximum Gasteiger partial charge on any atom is 0.126 e. The fraction of sp³-hybridized carbons (Fsp3) is 0.294. The summed E-state index contributed by atoms with van der Waals surface area (Å²) in [6.07, 6.45) is 0.852. The number of rotatable bonds is 1. The lowest BCUT2D eigenvalue weighted by atomic mass is 9.91. The zero-order valence-electron chi connectivity index (χ0n) is 11.7. The van der Waals surface area contributed by atoms with E-state index in [9.17, 15) is 0 Å². The van der Waals surface area contributed by atoms with Crippen molar-refractivity contribution in [1.29, 1.82) is 0 Å². The van der Waals surface area contributed by atoms with Gasteiger partial charge in [0.1, 0.15) is 11.9 Å². The molecule has 1 aliphatic heterocycles. The van der Waals surface area contributed by atoms with E-state index in [2.05, 4.69) is 48.0 Å². The van der Waals surface area contributed by atoms with Crippen molar-refractivity contribution in [2.24, 2.45) is 5.73 Å². The lowest BCUT2D eigenvalue weighted by molar-refractivity contribution is 0.160. The van der Waals surface area contributed by atoms with E-state index in [-0.39, 0.29) is 12.1 Å². The van der Waals surface area contributed by atoms with E-state index < -0.39 is 0 Å². The molecule has 0 saturated carbocycles. The summed E-state index contributed by atoms with van der Waals surface area (Å²) >= 11 is 3.49. The van der Waals surface area contributed by atoms with Gasteiger partial charge >= 0.3 is 0 Å². The second kappa shape index (κ2) is 5.23. The highest BCUT2D eigenvalue weighted by Crippen LogP contribution is 2.41. The van der Waals surface area contributed by atoms with E-state index in [1.54, 1.807) is 0 Å². The third-order valence-corrected chi connectivity index (χ3v) is 4.39. The maximum atomic E-state index is 6.32. The quantitative estimate of drug-likeness (QED) is 0.829. The van der Waals surface area contributed by atoms with Crippen molar-refractivity contribution < 1.29 is 4.74 Å². The third-order valence-electron chi connectivity index (χ3n) is 3.89. The molecule has 2 aromatic rings. The van der Waals surface area contributed by atoms with Gasteiger partial charge in [-0.2, -0.15) is 0 Å². The van der Waals surface area contributed by atoms with Crippen LogP contribution in [0.2, 0.25) is 0 Å². The Hall–Kier alpha value is -1.32. The number of nitrogens with two attached hydrogens (primary N) is 1. The Balaban J connectivity index is 2.00. The van der Waals surface area contributed by atoms with Crippen molar-refractivity contribution in [2.75, 3.05) is 0 Å². The molecule has 0 aromatic heterocycles. The lowest BCUT2D eigenvalue weighted by Gasteiger charge is -2.31. The predicted molar refractivity (Wildman–Crippen MR) is 85.0 cm³/mol. The smallest absolute Gasteiger partial charge is 0.126 e. The minimum Gasteiger partial charge on any atom is -0.485 e. The largest absolute Gasteiger partial charge is 0.485 e. The molecule has 0 amide bonds. The van der Waals surface area contributed by atoms with Crippen LogP contribution < -0.4 is 10.5 Å². The lowest BCUT2D eigenvalue weighted by Crippen LogP contribution is -2.24. The van der Waals surface area contributed by atoms with Crippen LogP contribution >= 0.6 is 15.9 Å². The highest BCUT2D eigenvalue weighted by molar-refractivity contribution is 9.10. The van der Waals surface area contributed by atoms with Gasteiger partial charge in [0, 0.05) is 22.5 Å². The highest BCUT2D eigenvalue weighted by atomic mass is 79.9. The summed E-state index contributed by atoms with van der Waals surface area (Å²) in [5.74, 6) is 0.893. The van der Waals surface area contributed by atoms with Gasteiger partial charge in [-0.1, -0.05) is 45.8 Å². The van der Waals surface area contributed by atoms with Crippen molar-refractivity contribution in [2.45, 2.75) is 32.4 Å². The summed E-state index contributed by atoms with van der Waals surface area (Å²) in [5.41, 5.74) is 11.2. The molecule has 2 N–H and O–H groups in total. The van der Waals surface area contributed by atoms with E-state index in [0.717, 1.165) is 22.2 Å². The number of fused-ring (bicyclic) bond motifs is 1. The number of hydrogen-bond acceptors (Lipinski definition) is 2. The summed E-state index contributed by atoms with van der Waals surface area (Å²) in [6, 6.07) is 12.6. The minimum atomic E-state index is 0.0248. The molecule has 104 valence electrons. The normalized spacial score (nSPS) is 21.2. The van der Waals surface area contributed by atoms with Gasteiger partial charge in [-0.15, -0.1) is 0 Å². The zero-order valence-corrected chi connectivity index (χ0v) is 13.3.